The summed E-state index contributed by atoms with van der Waals surface area (Å²) in [5.41, 5.74) is 0. The van der Waals surface area contributed by atoms with Crippen LogP contribution in [0.4, 0.5) is 0 Å². The largest absolute Gasteiger partial charge is 0.462 e. The molecule has 0 aromatic carbocycles. The fraction of sp³-hybridized carbons (Fsp3) is 0.860. The summed E-state index contributed by atoms with van der Waals surface area (Å²) in [6.07, 6.45) is 60.6. The van der Waals surface area contributed by atoms with E-state index in [0.717, 1.165) is 77.0 Å². The van der Waals surface area contributed by atoms with Crippen molar-refractivity contribution in [2.24, 2.45) is 0 Å². The van der Waals surface area contributed by atoms with Crippen molar-refractivity contribution in [1.82, 2.24) is 5.32 Å². The molecule has 0 aromatic heterocycles. The fourth-order valence-electron chi connectivity index (χ4n) is 8.48. The lowest BCUT2D eigenvalue weighted by molar-refractivity contribution is -0.151. The first-order valence-electron chi connectivity index (χ1n) is 27.7. The molecule has 0 rings (SSSR count). The molecule has 0 aliphatic heterocycles. The molecule has 0 aliphatic rings. The van der Waals surface area contributed by atoms with Gasteiger partial charge in [0.05, 0.1) is 25.2 Å². The van der Waals surface area contributed by atoms with E-state index in [0.29, 0.717) is 19.3 Å². The van der Waals surface area contributed by atoms with Crippen molar-refractivity contribution < 1.29 is 24.5 Å². The molecule has 0 fully saturated rings. The highest BCUT2D eigenvalue weighted by molar-refractivity contribution is 5.77. The summed E-state index contributed by atoms with van der Waals surface area (Å²) in [5.74, 6) is -0.496. The highest BCUT2D eigenvalue weighted by Gasteiger charge is 2.24. The topological polar surface area (TPSA) is 95.9 Å². The van der Waals surface area contributed by atoms with Gasteiger partial charge in [0, 0.05) is 6.42 Å². The zero-order valence-corrected chi connectivity index (χ0v) is 42.2. The average Bonchev–Trinajstić information content (AvgIpc) is 3.28. The number of aliphatic hydroxyl groups excluding tert-OH is 2. The minimum absolute atomic E-state index is 0.0632. The summed E-state index contributed by atoms with van der Waals surface area (Å²) >= 11 is 0. The summed E-state index contributed by atoms with van der Waals surface area (Å²) in [4.78, 5) is 26.2. The summed E-state index contributed by atoms with van der Waals surface area (Å²) in [5, 5.41) is 23.8. The minimum atomic E-state index is -0.792. The van der Waals surface area contributed by atoms with Gasteiger partial charge in [-0.1, -0.05) is 237 Å². The van der Waals surface area contributed by atoms with Gasteiger partial charge >= 0.3 is 5.97 Å². The molecule has 0 radical (unpaired) electrons. The number of hydrogen-bond donors (Lipinski definition) is 3. The summed E-state index contributed by atoms with van der Waals surface area (Å²) in [6, 6.07) is -0.707. The van der Waals surface area contributed by atoms with Crippen LogP contribution in [0, 0.1) is 0 Å². The second-order valence-corrected chi connectivity index (χ2v) is 19.0. The van der Waals surface area contributed by atoms with Crippen LogP contribution in [-0.2, 0) is 14.3 Å². The zero-order valence-electron chi connectivity index (χ0n) is 42.2. The Hall–Kier alpha value is -1.92. The van der Waals surface area contributed by atoms with E-state index in [1.807, 2.05) is 0 Å². The Kier molecular flexibility index (Phi) is 49.5. The van der Waals surface area contributed by atoms with Crippen molar-refractivity contribution >= 4 is 11.9 Å². The Labute approximate surface area is 392 Å². The van der Waals surface area contributed by atoms with Gasteiger partial charge in [-0.2, -0.15) is 0 Å². The summed E-state index contributed by atoms with van der Waals surface area (Å²) in [7, 11) is 0. The van der Waals surface area contributed by atoms with Crippen LogP contribution < -0.4 is 5.32 Å². The first-order chi connectivity index (χ1) is 31.0. The van der Waals surface area contributed by atoms with Crippen LogP contribution in [0.25, 0.3) is 0 Å². The maximum atomic E-state index is 13.2. The number of carbonyl (C=O) groups is 2. The SMILES string of the molecule is CCCCCCCCC/C=C/C=C/CCCCCCCC(=O)OC(CCCCC/C=C/CCCCCCCCC)CC(=O)NC(CO)C(O)CCCCCCCCCCCCCC. The molecular formula is C57H107NO5. The lowest BCUT2D eigenvalue weighted by Gasteiger charge is -2.24. The lowest BCUT2D eigenvalue weighted by atomic mass is 10.0. The predicted molar refractivity (Wildman–Crippen MR) is 273 cm³/mol. The van der Waals surface area contributed by atoms with Crippen molar-refractivity contribution in [3.05, 3.63) is 36.5 Å². The van der Waals surface area contributed by atoms with E-state index in [9.17, 15) is 19.8 Å². The molecule has 0 heterocycles. The third-order valence-electron chi connectivity index (χ3n) is 12.7. The number of nitrogens with one attached hydrogen (secondary N) is 1. The van der Waals surface area contributed by atoms with Gasteiger partial charge in [0.1, 0.15) is 6.10 Å². The van der Waals surface area contributed by atoms with E-state index < -0.39 is 18.2 Å². The van der Waals surface area contributed by atoms with Crippen LogP contribution >= 0.6 is 0 Å². The highest BCUT2D eigenvalue weighted by atomic mass is 16.5. The number of rotatable bonds is 50. The molecule has 0 aliphatic carbocycles. The Morgan fingerprint density at radius 1 is 0.460 bits per heavy atom. The van der Waals surface area contributed by atoms with Crippen LogP contribution in [0.3, 0.4) is 0 Å². The maximum absolute atomic E-state index is 13.2. The van der Waals surface area contributed by atoms with Crippen LogP contribution in [0.15, 0.2) is 36.5 Å². The zero-order chi connectivity index (χ0) is 45.9. The normalized spacial score (nSPS) is 13.4. The van der Waals surface area contributed by atoms with Crippen LogP contribution in [-0.4, -0.2) is 46.9 Å². The van der Waals surface area contributed by atoms with E-state index in [1.165, 1.54) is 167 Å². The predicted octanol–water partition coefficient (Wildman–Crippen LogP) is 16.8. The van der Waals surface area contributed by atoms with E-state index in [4.69, 9.17) is 4.74 Å². The molecule has 0 spiro atoms. The summed E-state index contributed by atoms with van der Waals surface area (Å²) < 4.78 is 5.94. The van der Waals surface area contributed by atoms with Gasteiger partial charge in [-0.05, 0) is 77.0 Å². The molecule has 63 heavy (non-hydrogen) atoms. The monoisotopic (exact) mass is 886 g/mol. The maximum Gasteiger partial charge on any atom is 0.306 e. The number of ether oxygens (including phenoxy) is 1. The molecule has 3 N–H and O–H groups in total. The number of aliphatic hydroxyl groups is 2. The molecule has 3 unspecified atom stereocenters. The van der Waals surface area contributed by atoms with Gasteiger partial charge in [-0.25, -0.2) is 0 Å². The lowest BCUT2D eigenvalue weighted by Crippen LogP contribution is -2.46. The third kappa shape index (κ3) is 46.4. The highest BCUT2D eigenvalue weighted by Crippen LogP contribution is 2.18. The van der Waals surface area contributed by atoms with Crippen molar-refractivity contribution in [3.8, 4) is 0 Å². The smallest absolute Gasteiger partial charge is 0.306 e. The Morgan fingerprint density at radius 3 is 1.24 bits per heavy atom. The molecule has 6 nitrogen and oxygen atoms in total. The minimum Gasteiger partial charge on any atom is -0.462 e. The van der Waals surface area contributed by atoms with Gasteiger partial charge in [0.2, 0.25) is 5.91 Å². The van der Waals surface area contributed by atoms with E-state index in [2.05, 4.69) is 62.5 Å². The van der Waals surface area contributed by atoms with Gasteiger partial charge in [0.25, 0.3) is 0 Å². The second-order valence-electron chi connectivity index (χ2n) is 19.0. The van der Waals surface area contributed by atoms with Crippen molar-refractivity contribution in [2.45, 2.75) is 309 Å². The average molecular weight is 886 g/mol. The van der Waals surface area contributed by atoms with Gasteiger partial charge in [-0.3, -0.25) is 9.59 Å². The van der Waals surface area contributed by atoms with Gasteiger partial charge in [-0.15, -0.1) is 0 Å². The molecular weight excluding hydrogens is 779 g/mol. The number of allylic oxidation sites excluding steroid dienone is 6. The van der Waals surface area contributed by atoms with Crippen LogP contribution in [0.1, 0.15) is 290 Å². The second kappa shape index (κ2) is 51.1. The number of esters is 1. The first kappa shape index (κ1) is 61.1. The van der Waals surface area contributed by atoms with Crippen molar-refractivity contribution in [1.29, 1.82) is 0 Å². The molecule has 370 valence electrons. The Balaban J connectivity index is 4.58. The van der Waals surface area contributed by atoms with Crippen molar-refractivity contribution in [2.75, 3.05) is 6.61 Å². The summed E-state index contributed by atoms with van der Waals surface area (Å²) in [6.45, 7) is 6.48. The fourth-order valence-corrected chi connectivity index (χ4v) is 8.48. The van der Waals surface area contributed by atoms with Crippen LogP contribution in [0.2, 0.25) is 0 Å². The van der Waals surface area contributed by atoms with Crippen LogP contribution in [0.5, 0.6) is 0 Å². The van der Waals surface area contributed by atoms with E-state index >= 15 is 0 Å². The molecule has 0 saturated carbocycles. The van der Waals surface area contributed by atoms with Gasteiger partial charge < -0.3 is 20.3 Å². The number of unbranched alkanes of at least 4 members (excludes halogenated alkanes) is 33. The molecule has 1 amide bonds. The first-order valence-corrected chi connectivity index (χ1v) is 27.7. The van der Waals surface area contributed by atoms with Gasteiger partial charge in [0.15, 0.2) is 0 Å². The Bertz CT molecular complexity index is 1040. The van der Waals surface area contributed by atoms with E-state index in [-0.39, 0.29) is 24.9 Å². The molecule has 0 aromatic rings. The Morgan fingerprint density at radius 2 is 0.810 bits per heavy atom. The van der Waals surface area contributed by atoms with E-state index in [1.54, 1.807) is 0 Å². The van der Waals surface area contributed by atoms with Crippen molar-refractivity contribution in [3.63, 3.8) is 0 Å². The molecule has 3 atom stereocenters. The standard InChI is InChI=1S/C57H107NO5/c1-4-7-10-13-16-19-22-25-27-28-29-30-32-35-38-41-44-47-50-57(62)63-53(48-45-42-39-36-33-31-26-23-20-17-14-11-8-5-2)51-56(61)58-54(52-59)55(60)49-46-43-40-37-34-24-21-18-15-12-9-6-3/h27-31,33,53-55,59-60H,4-26,32,34-52H2,1-3H3,(H,58,61)/b28-27+,30-29+,33-31+. The molecule has 0 saturated heterocycles. The third-order valence-corrected chi connectivity index (χ3v) is 12.7. The molecule has 0 bridgehead atoms. The number of amides is 1. The quantitative estimate of drug-likeness (QED) is 0.0245. The number of carbonyl (C=O) groups excluding carboxylic acids is 2. The number of hydrogen-bond acceptors (Lipinski definition) is 5. The molecule has 6 heteroatoms.